The van der Waals surface area contributed by atoms with Gasteiger partial charge in [0.25, 0.3) is 0 Å². The van der Waals surface area contributed by atoms with E-state index < -0.39 is 86.8 Å². The fourth-order valence-electron chi connectivity index (χ4n) is 11.2. The average molecular weight is 1150 g/mol. The van der Waals surface area contributed by atoms with Crippen LogP contribution in [0.5, 0.6) is 0 Å². The summed E-state index contributed by atoms with van der Waals surface area (Å²) in [5.41, 5.74) is 0. The van der Waals surface area contributed by atoms with Gasteiger partial charge in [0.15, 0.2) is 12.6 Å². The Kier molecular flexibility index (Phi) is 48.8. The summed E-state index contributed by atoms with van der Waals surface area (Å²) < 4.78 is 22.8. The van der Waals surface area contributed by atoms with Crippen LogP contribution < -0.4 is 5.32 Å². The summed E-state index contributed by atoms with van der Waals surface area (Å²) >= 11 is 0. The zero-order valence-electron chi connectivity index (χ0n) is 51.5. The smallest absolute Gasteiger partial charge is 0.220 e. The van der Waals surface area contributed by atoms with E-state index in [2.05, 4.69) is 43.5 Å². The summed E-state index contributed by atoms with van der Waals surface area (Å²) in [7, 11) is 0. The number of aliphatic hydroxyl groups excluding tert-OH is 8. The molecular weight excluding hydrogens is 1030 g/mol. The number of amides is 1. The third kappa shape index (κ3) is 37.4. The van der Waals surface area contributed by atoms with Crippen molar-refractivity contribution in [2.24, 2.45) is 0 Å². The topological polar surface area (TPSA) is 228 Å². The molecule has 0 aromatic heterocycles. The second-order valence-corrected chi connectivity index (χ2v) is 23.9. The lowest BCUT2D eigenvalue weighted by molar-refractivity contribution is -0.359. The van der Waals surface area contributed by atoms with Crippen molar-refractivity contribution in [1.29, 1.82) is 0 Å². The highest BCUT2D eigenvalue weighted by Gasteiger charge is 2.51. The van der Waals surface area contributed by atoms with Crippen LogP contribution in [0.25, 0.3) is 0 Å². The molecule has 12 unspecified atom stereocenters. The molecule has 1 amide bonds. The summed E-state index contributed by atoms with van der Waals surface area (Å²) in [5.74, 6) is -0.249. The number of rotatable bonds is 55. The van der Waals surface area contributed by atoms with E-state index in [1.54, 1.807) is 6.08 Å². The summed E-state index contributed by atoms with van der Waals surface area (Å²) in [6.45, 7) is 2.81. The van der Waals surface area contributed by atoms with E-state index in [9.17, 15) is 45.6 Å². The number of aliphatic hydroxyl groups is 8. The van der Waals surface area contributed by atoms with Gasteiger partial charge in [0, 0.05) is 6.42 Å². The number of carbonyl (C=O) groups is 1. The van der Waals surface area contributed by atoms with Gasteiger partial charge in [-0.25, -0.2) is 0 Å². The van der Waals surface area contributed by atoms with Gasteiger partial charge in [0.1, 0.15) is 48.8 Å². The minimum Gasteiger partial charge on any atom is -0.394 e. The number of allylic oxidation sites excluding steroid dienone is 5. The summed E-state index contributed by atoms with van der Waals surface area (Å²) in [5, 5.41) is 87.2. The van der Waals surface area contributed by atoms with Crippen LogP contribution in [0.2, 0.25) is 0 Å². The Labute approximate surface area is 493 Å². The highest BCUT2D eigenvalue weighted by molar-refractivity contribution is 5.76. The standard InChI is InChI=1S/C67H125NO13/c1-3-5-7-9-11-13-15-17-19-21-22-23-24-25-26-27-28-29-30-31-32-33-35-36-38-40-42-44-46-48-50-56(71)55(68-59(72)51-49-47-45-43-41-39-37-34-20-18-16-14-12-10-8-6-4-2)54-78-66-64(77)62(75)65(58(53-70)80-66)81-67-63(76)61(74)60(73)57(52-69)79-67/h33,35,40,42,48,50,55-58,60-67,69-71,73-77H,3-32,34,36-39,41,43-47,49,51-54H2,1-2H3,(H,68,72)/b35-33+,42-40+,50-48+. The van der Waals surface area contributed by atoms with Crippen LogP contribution in [-0.2, 0) is 23.7 Å². The van der Waals surface area contributed by atoms with Gasteiger partial charge in [0.05, 0.1) is 32.0 Å². The fourth-order valence-corrected chi connectivity index (χ4v) is 11.2. The van der Waals surface area contributed by atoms with E-state index in [4.69, 9.17) is 18.9 Å². The number of hydrogen-bond donors (Lipinski definition) is 9. The van der Waals surface area contributed by atoms with E-state index in [0.29, 0.717) is 12.8 Å². The first kappa shape index (κ1) is 75.3. The molecule has 0 bridgehead atoms. The van der Waals surface area contributed by atoms with Gasteiger partial charge < -0.3 is 65.1 Å². The molecule has 0 radical (unpaired) electrons. The van der Waals surface area contributed by atoms with E-state index >= 15 is 0 Å². The number of carbonyl (C=O) groups excluding carboxylic acids is 1. The van der Waals surface area contributed by atoms with Crippen LogP contribution in [0.1, 0.15) is 290 Å². The molecule has 81 heavy (non-hydrogen) atoms. The highest BCUT2D eigenvalue weighted by atomic mass is 16.7. The molecular formula is C67H125NO13. The van der Waals surface area contributed by atoms with E-state index in [-0.39, 0.29) is 18.9 Å². The molecule has 0 aliphatic carbocycles. The van der Waals surface area contributed by atoms with Crippen LogP contribution in [0, 0.1) is 0 Å². The van der Waals surface area contributed by atoms with Crippen molar-refractivity contribution in [2.75, 3.05) is 19.8 Å². The third-order valence-corrected chi connectivity index (χ3v) is 16.6. The van der Waals surface area contributed by atoms with E-state index in [1.807, 2.05) is 6.08 Å². The zero-order valence-corrected chi connectivity index (χ0v) is 51.5. The second kappa shape index (κ2) is 52.5. The third-order valence-electron chi connectivity index (χ3n) is 16.6. The Morgan fingerprint density at radius 2 is 0.790 bits per heavy atom. The van der Waals surface area contributed by atoms with Crippen molar-refractivity contribution in [3.8, 4) is 0 Å². The Morgan fingerprint density at radius 3 is 1.21 bits per heavy atom. The van der Waals surface area contributed by atoms with Crippen LogP contribution in [-0.4, -0.2) is 140 Å². The van der Waals surface area contributed by atoms with Gasteiger partial charge in [-0.2, -0.15) is 0 Å². The lowest BCUT2D eigenvalue weighted by Crippen LogP contribution is -2.65. The van der Waals surface area contributed by atoms with Gasteiger partial charge in [-0.1, -0.05) is 275 Å². The van der Waals surface area contributed by atoms with Gasteiger partial charge in [-0.15, -0.1) is 0 Å². The maximum atomic E-state index is 13.3. The van der Waals surface area contributed by atoms with Crippen molar-refractivity contribution in [3.63, 3.8) is 0 Å². The summed E-state index contributed by atoms with van der Waals surface area (Å²) in [6.07, 6.45) is 49.2. The van der Waals surface area contributed by atoms with Crippen LogP contribution in [0.3, 0.4) is 0 Å². The molecule has 0 aromatic carbocycles. The molecule has 2 heterocycles. The molecule has 9 N–H and O–H groups in total. The molecule has 0 saturated carbocycles. The lowest BCUT2D eigenvalue weighted by Gasteiger charge is -2.46. The molecule has 2 aliphatic heterocycles. The average Bonchev–Trinajstić information content (AvgIpc) is 3.63. The molecule has 2 fully saturated rings. The number of ether oxygens (including phenoxy) is 4. The van der Waals surface area contributed by atoms with Crippen molar-refractivity contribution in [3.05, 3.63) is 36.5 Å². The number of nitrogens with one attached hydrogen (secondary N) is 1. The Hall–Kier alpha value is -1.79. The van der Waals surface area contributed by atoms with Crippen LogP contribution in [0.4, 0.5) is 0 Å². The molecule has 0 aromatic rings. The van der Waals surface area contributed by atoms with E-state index in [0.717, 1.165) is 44.9 Å². The highest BCUT2D eigenvalue weighted by Crippen LogP contribution is 2.30. The van der Waals surface area contributed by atoms with Crippen molar-refractivity contribution in [2.45, 2.75) is 364 Å². The molecule has 476 valence electrons. The Balaban J connectivity index is 1.71. The van der Waals surface area contributed by atoms with Gasteiger partial charge in [-0.05, 0) is 44.9 Å². The molecule has 14 heteroatoms. The van der Waals surface area contributed by atoms with Gasteiger partial charge >= 0.3 is 0 Å². The predicted molar refractivity (Wildman–Crippen MR) is 328 cm³/mol. The van der Waals surface area contributed by atoms with E-state index in [1.165, 1.54) is 212 Å². The largest absolute Gasteiger partial charge is 0.394 e. The first-order valence-corrected chi connectivity index (χ1v) is 33.7. The quantitative estimate of drug-likeness (QED) is 0.0204. The Bertz CT molecular complexity index is 1500. The molecule has 12 atom stereocenters. The van der Waals surface area contributed by atoms with Gasteiger partial charge in [0.2, 0.25) is 5.91 Å². The monoisotopic (exact) mass is 1150 g/mol. The molecule has 2 saturated heterocycles. The summed E-state index contributed by atoms with van der Waals surface area (Å²) in [4.78, 5) is 13.3. The first-order valence-electron chi connectivity index (χ1n) is 33.7. The van der Waals surface area contributed by atoms with Crippen molar-refractivity contribution >= 4 is 5.91 Å². The fraction of sp³-hybridized carbons (Fsp3) is 0.896. The first-order chi connectivity index (χ1) is 39.6. The Morgan fingerprint density at radius 1 is 0.432 bits per heavy atom. The zero-order chi connectivity index (χ0) is 58.8. The minimum atomic E-state index is -1.79. The van der Waals surface area contributed by atoms with Crippen molar-refractivity contribution in [1.82, 2.24) is 5.32 Å². The number of unbranched alkanes of at least 4 members (excludes halogenated alkanes) is 38. The second-order valence-electron chi connectivity index (χ2n) is 23.9. The minimum absolute atomic E-state index is 0.249. The maximum absolute atomic E-state index is 13.3. The summed E-state index contributed by atoms with van der Waals surface area (Å²) in [6, 6.07) is -0.936. The lowest BCUT2D eigenvalue weighted by atomic mass is 9.97. The number of hydrogen-bond acceptors (Lipinski definition) is 13. The molecule has 2 aliphatic rings. The molecule has 14 nitrogen and oxygen atoms in total. The van der Waals surface area contributed by atoms with Gasteiger partial charge in [-0.3, -0.25) is 4.79 Å². The van der Waals surface area contributed by atoms with Crippen molar-refractivity contribution < 1.29 is 64.6 Å². The molecule has 2 rings (SSSR count). The molecule has 0 spiro atoms. The SMILES string of the molecule is CCCCCCCCCCCCCCCCCCCCCC/C=C/CC/C=C/CC/C=C/C(O)C(COC1OC(CO)C(OC2OC(CO)C(O)C(O)C2O)C(O)C1O)NC(=O)CCCCCCCCCCCCCCCCCCC. The van der Waals surface area contributed by atoms with Crippen LogP contribution >= 0.6 is 0 Å². The van der Waals surface area contributed by atoms with Crippen LogP contribution in [0.15, 0.2) is 36.5 Å². The normalized spacial score (nSPS) is 24.3. The maximum Gasteiger partial charge on any atom is 0.220 e. The predicted octanol–water partition coefficient (Wildman–Crippen LogP) is 13.0.